The van der Waals surface area contributed by atoms with E-state index in [0.717, 1.165) is 57.9 Å². The van der Waals surface area contributed by atoms with E-state index in [9.17, 15) is 18.0 Å². The topological polar surface area (TPSA) is 110 Å². The van der Waals surface area contributed by atoms with Crippen LogP contribution in [0.1, 0.15) is 55.1 Å². The zero-order valence-electron chi connectivity index (χ0n) is 19.7. The third-order valence-corrected chi connectivity index (χ3v) is 7.03. The van der Waals surface area contributed by atoms with Gasteiger partial charge in [0.2, 0.25) is 5.82 Å². The highest BCUT2D eigenvalue weighted by Gasteiger charge is 2.39. The number of aromatic nitrogens is 3. The number of carboxylic acid groups (broad SMARTS) is 1. The van der Waals surface area contributed by atoms with E-state index in [1.807, 2.05) is 11.5 Å². The summed E-state index contributed by atoms with van der Waals surface area (Å²) in [5.74, 6) is -1.72. The number of ether oxygens (including phenoxy) is 1. The molecule has 1 amide bonds. The first-order valence-electron chi connectivity index (χ1n) is 11.4. The largest absolute Gasteiger partial charge is 0.490 e. The van der Waals surface area contributed by atoms with Crippen molar-refractivity contribution >= 4 is 23.2 Å². The molecule has 2 aliphatic rings. The lowest BCUT2D eigenvalue weighted by molar-refractivity contribution is -0.192. The molecule has 2 aromatic rings. The van der Waals surface area contributed by atoms with Gasteiger partial charge in [0.05, 0.1) is 6.61 Å². The number of alkyl halides is 3. The lowest BCUT2D eigenvalue weighted by Crippen LogP contribution is -2.44. The molecule has 0 saturated carbocycles. The van der Waals surface area contributed by atoms with Gasteiger partial charge >= 0.3 is 12.1 Å². The molecule has 4 rings (SSSR count). The lowest BCUT2D eigenvalue weighted by Gasteiger charge is -2.41. The number of carboxylic acids is 1. The number of hydrogen-bond donors (Lipinski definition) is 2. The van der Waals surface area contributed by atoms with Gasteiger partial charge in [0.1, 0.15) is 6.61 Å². The molecule has 2 N–H and O–H groups in total. The van der Waals surface area contributed by atoms with Crippen molar-refractivity contribution < 1.29 is 32.6 Å². The molecule has 1 fully saturated rings. The summed E-state index contributed by atoms with van der Waals surface area (Å²) in [5.41, 5.74) is 1.44. The monoisotopic (exact) mass is 517 g/mol. The van der Waals surface area contributed by atoms with Gasteiger partial charge in [-0.15, -0.1) is 10.2 Å². The van der Waals surface area contributed by atoms with E-state index < -0.39 is 12.1 Å². The second-order valence-corrected chi connectivity index (χ2v) is 9.79. The molecular formula is C22H30F3N5O4S. The molecule has 1 unspecified atom stereocenters. The molecule has 1 saturated heterocycles. The number of amides is 1. The highest BCUT2D eigenvalue weighted by atomic mass is 32.1. The number of nitrogens with zero attached hydrogens (tertiary/aromatic N) is 4. The Balaban J connectivity index is 0.000000429. The molecule has 2 aliphatic heterocycles. The SMILES string of the molecule is CCC(C)NC(=O)c1nnc2n1CC1(CCN(Cc3ccsc3)CC1)COC2.O=C(O)C(F)(F)F. The zero-order chi connectivity index (χ0) is 25.6. The van der Waals surface area contributed by atoms with Gasteiger partial charge in [-0.3, -0.25) is 9.69 Å². The maximum Gasteiger partial charge on any atom is 0.490 e. The van der Waals surface area contributed by atoms with Crippen LogP contribution in [-0.2, 0) is 29.2 Å². The van der Waals surface area contributed by atoms with Crippen LogP contribution in [0.25, 0.3) is 0 Å². The molecule has 13 heteroatoms. The average molecular weight is 518 g/mol. The van der Waals surface area contributed by atoms with Gasteiger partial charge in [-0.25, -0.2) is 4.79 Å². The number of piperidine rings is 1. The number of fused-ring (bicyclic) bond motifs is 1. The Hall–Kier alpha value is -2.51. The summed E-state index contributed by atoms with van der Waals surface area (Å²) in [7, 11) is 0. The van der Waals surface area contributed by atoms with Crippen molar-refractivity contribution in [1.29, 1.82) is 0 Å². The summed E-state index contributed by atoms with van der Waals surface area (Å²) in [6, 6.07) is 2.33. The highest BCUT2D eigenvalue weighted by molar-refractivity contribution is 7.07. The molecule has 4 heterocycles. The van der Waals surface area contributed by atoms with Crippen LogP contribution in [-0.4, -0.2) is 68.6 Å². The third kappa shape index (κ3) is 7.24. The summed E-state index contributed by atoms with van der Waals surface area (Å²) < 4.78 is 39.7. The van der Waals surface area contributed by atoms with Crippen LogP contribution in [0.15, 0.2) is 16.8 Å². The van der Waals surface area contributed by atoms with Crippen LogP contribution in [0.5, 0.6) is 0 Å². The first-order valence-corrected chi connectivity index (χ1v) is 12.3. The maximum absolute atomic E-state index is 12.7. The Bertz CT molecular complexity index is 988. The molecule has 9 nitrogen and oxygen atoms in total. The van der Waals surface area contributed by atoms with Crippen molar-refractivity contribution in [2.75, 3.05) is 19.7 Å². The fourth-order valence-electron chi connectivity index (χ4n) is 4.04. The second kappa shape index (κ2) is 11.5. The van der Waals surface area contributed by atoms with Crippen molar-refractivity contribution in [2.45, 2.75) is 65.0 Å². The Morgan fingerprint density at radius 3 is 2.57 bits per heavy atom. The van der Waals surface area contributed by atoms with Gasteiger partial charge in [0, 0.05) is 24.5 Å². The van der Waals surface area contributed by atoms with Gasteiger partial charge in [0.15, 0.2) is 5.82 Å². The van der Waals surface area contributed by atoms with Gasteiger partial charge in [-0.05, 0) is 61.7 Å². The number of hydrogen-bond acceptors (Lipinski definition) is 7. The molecule has 0 aliphatic carbocycles. The van der Waals surface area contributed by atoms with Gasteiger partial charge in [-0.1, -0.05) is 6.92 Å². The van der Waals surface area contributed by atoms with Crippen molar-refractivity contribution in [3.8, 4) is 0 Å². The fraction of sp³-hybridized carbons (Fsp3) is 0.636. The molecule has 0 bridgehead atoms. The molecule has 2 aromatic heterocycles. The van der Waals surface area contributed by atoms with Crippen molar-refractivity contribution in [3.63, 3.8) is 0 Å². The highest BCUT2D eigenvalue weighted by Crippen LogP contribution is 2.37. The summed E-state index contributed by atoms with van der Waals surface area (Å²) in [6.45, 7) is 9.06. The van der Waals surface area contributed by atoms with E-state index in [-0.39, 0.29) is 17.4 Å². The quantitative estimate of drug-likeness (QED) is 0.626. The number of carbonyl (C=O) groups is 2. The number of carbonyl (C=O) groups excluding carboxylic acids is 1. The first kappa shape index (κ1) is 27.1. The van der Waals surface area contributed by atoms with Gasteiger partial charge < -0.3 is 19.7 Å². The summed E-state index contributed by atoms with van der Waals surface area (Å²) in [6.07, 6.45) is -2.08. The molecule has 194 valence electrons. The van der Waals surface area contributed by atoms with Crippen LogP contribution in [0, 0.1) is 5.41 Å². The number of likely N-dealkylation sites (tertiary alicyclic amines) is 1. The van der Waals surface area contributed by atoms with E-state index in [4.69, 9.17) is 14.6 Å². The van der Waals surface area contributed by atoms with E-state index in [2.05, 4.69) is 44.2 Å². The van der Waals surface area contributed by atoms with Crippen molar-refractivity contribution in [3.05, 3.63) is 34.0 Å². The van der Waals surface area contributed by atoms with E-state index in [1.54, 1.807) is 11.3 Å². The molecular weight excluding hydrogens is 487 g/mol. The third-order valence-electron chi connectivity index (χ3n) is 6.30. The normalized spacial score (nSPS) is 18.7. The van der Waals surface area contributed by atoms with Crippen LogP contribution >= 0.6 is 11.3 Å². The Kier molecular flexibility index (Phi) is 8.89. The maximum atomic E-state index is 12.7. The van der Waals surface area contributed by atoms with Crippen molar-refractivity contribution in [1.82, 2.24) is 25.0 Å². The molecule has 35 heavy (non-hydrogen) atoms. The fourth-order valence-corrected chi connectivity index (χ4v) is 4.70. The Labute approximate surface area is 205 Å². The smallest absolute Gasteiger partial charge is 0.475 e. The van der Waals surface area contributed by atoms with Crippen LogP contribution in [0.2, 0.25) is 0 Å². The predicted octanol–water partition coefficient (Wildman–Crippen LogP) is 3.31. The minimum absolute atomic E-state index is 0.0458. The minimum atomic E-state index is -5.08. The number of aliphatic carboxylic acids is 1. The predicted molar refractivity (Wildman–Crippen MR) is 122 cm³/mol. The van der Waals surface area contributed by atoms with Gasteiger partial charge in [-0.2, -0.15) is 24.5 Å². The van der Waals surface area contributed by atoms with Crippen LogP contribution in [0.3, 0.4) is 0 Å². The first-order chi connectivity index (χ1) is 16.5. The molecule has 1 spiro atoms. The van der Waals surface area contributed by atoms with Crippen LogP contribution in [0.4, 0.5) is 13.2 Å². The second-order valence-electron chi connectivity index (χ2n) is 9.01. The summed E-state index contributed by atoms with van der Waals surface area (Å²) in [4.78, 5) is 24.1. The number of rotatable bonds is 5. The summed E-state index contributed by atoms with van der Waals surface area (Å²) >= 11 is 1.75. The Morgan fingerprint density at radius 1 is 1.31 bits per heavy atom. The van der Waals surface area contributed by atoms with E-state index in [1.165, 1.54) is 5.56 Å². The molecule has 0 aromatic carbocycles. The number of halogens is 3. The number of thiophene rings is 1. The zero-order valence-corrected chi connectivity index (χ0v) is 20.5. The van der Waals surface area contributed by atoms with Crippen LogP contribution < -0.4 is 5.32 Å². The molecule has 0 radical (unpaired) electrons. The van der Waals surface area contributed by atoms with Gasteiger partial charge in [0.25, 0.3) is 5.91 Å². The molecule has 1 atom stereocenters. The number of nitrogens with one attached hydrogen (secondary N) is 1. The Morgan fingerprint density at radius 2 is 2.00 bits per heavy atom. The van der Waals surface area contributed by atoms with Crippen molar-refractivity contribution in [2.24, 2.45) is 5.41 Å². The average Bonchev–Trinajstić information content (AvgIpc) is 3.42. The summed E-state index contributed by atoms with van der Waals surface area (Å²) in [5, 5.41) is 22.9. The van der Waals surface area contributed by atoms with E-state index in [0.29, 0.717) is 12.4 Å². The standard InChI is InChI=1S/C20H29N5O2S.C2HF3O2/c1-3-15(2)21-19(26)18-23-22-17-11-27-14-20(13-25(17)18)5-7-24(8-6-20)10-16-4-9-28-12-16;3-2(4,5)1(6)7/h4,9,12,15H,3,5-8,10-11,13-14H2,1-2H3,(H,21,26);(H,6,7). The minimum Gasteiger partial charge on any atom is -0.475 e. The lowest BCUT2D eigenvalue weighted by atomic mass is 9.78. The van der Waals surface area contributed by atoms with E-state index >= 15 is 0 Å².